The predicted molar refractivity (Wildman–Crippen MR) is 104 cm³/mol. The van der Waals surface area contributed by atoms with E-state index in [1.165, 1.54) is 25.7 Å². The molecule has 0 aromatic carbocycles. The lowest BCUT2D eigenvalue weighted by atomic mass is 9.45. The molecule has 0 bridgehead atoms. The molecule has 0 heterocycles. The third-order valence-corrected chi connectivity index (χ3v) is 10.5. The molecular formula is C24H38O2. The molecule has 0 aromatic heterocycles. The zero-order valence-corrected chi connectivity index (χ0v) is 17.4. The van der Waals surface area contributed by atoms with Crippen LogP contribution >= 0.6 is 0 Å². The summed E-state index contributed by atoms with van der Waals surface area (Å²) in [5.74, 6) is 3.09. The highest BCUT2D eigenvalue weighted by atomic mass is 16.3. The normalized spacial score (nSPS) is 57.6. The summed E-state index contributed by atoms with van der Waals surface area (Å²) in [5, 5.41) is 22.0. The fourth-order valence-electron chi connectivity index (χ4n) is 9.30. The molecule has 146 valence electrons. The molecule has 0 radical (unpaired) electrons. The molecule has 2 N–H and O–H groups in total. The van der Waals surface area contributed by atoms with Crippen LogP contribution in [0.1, 0.15) is 79.6 Å². The van der Waals surface area contributed by atoms with Crippen LogP contribution in [-0.4, -0.2) is 22.4 Å². The second-order valence-corrected chi connectivity index (χ2v) is 11.8. The molecule has 2 nitrogen and oxygen atoms in total. The summed E-state index contributed by atoms with van der Waals surface area (Å²) < 4.78 is 0. The molecular weight excluding hydrogens is 320 g/mol. The van der Waals surface area contributed by atoms with Crippen LogP contribution in [0.3, 0.4) is 0 Å². The number of rotatable bonds is 0. The zero-order chi connectivity index (χ0) is 18.6. The van der Waals surface area contributed by atoms with Crippen molar-refractivity contribution in [2.45, 2.75) is 91.8 Å². The molecule has 0 saturated heterocycles. The predicted octanol–water partition coefficient (Wildman–Crippen LogP) is 4.94. The Hall–Kier alpha value is -0.340. The Labute approximate surface area is 159 Å². The summed E-state index contributed by atoms with van der Waals surface area (Å²) in [6.45, 7) is 12.0. The van der Waals surface area contributed by atoms with Gasteiger partial charge in [0, 0.05) is 5.92 Å². The third-order valence-electron chi connectivity index (χ3n) is 10.5. The fourth-order valence-corrected chi connectivity index (χ4v) is 9.30. The molecule has 3 saturated carbocycles. The van der Waals surface area contributed by atoms with Crippen LogP contribution in [0.4, 0.5) is 0 Å². The minimum atomic E-state index is -0.162. The summed E-state index contributed by atoms with van der Waals surface area (Å²) in [6, 6.07) is 0. The molecule has 0 unspecified atom stereocenters. The van der Waals surface area contributed by atoms with Crippen molar-refractivity contribution in [2.24, 2.45) is 45.8 Å². The minimum Gasteiger partial charge on any atom is -0.393 e. The third kappa shape index (κ3) is 1.87. The Morgan fingerprint density at radius 1 is 0.962 bits per heavy atom. The zero-order valence-electron chi connectivity index (χ0n) is 17.4. The van der Waals surface area contributed by atoms with Crippen LogP contribution in [0.25, 0.3) is 0 Å². The lowest BCUT2D eigenvalue weighted by molar-refractivity contribution is -0.0942. The quantitative estimate of drug-likeness (QED) is 0.602. The molecule has 5 aliphatic rings. The maximum absolute atomic E-state index is 11.3. The SMILES string of the molecule is C[C@@H]1C[C@H]2[C@H](O)[C@@H]3C4=C(CC[C@]3(C)[C@H]21)[C@@]1(C)CC[C@H](O)C(C)(C)[C@@H]1CC4. The number of allylic oxidation sites excluding steroid dienone is 1. The van der Waals surface area contributed by atoms with Crippen molar-refractivity contribution >= 4 is 0 Å². The first-order valence-corrected chi connectivity index (χ1v) is 11.2. The summed E-state index contributed by atoms with van der Waals surface area (Å²) in [4.78, 5) is 0. The molecule has 0 aromatic rings. The van der Waals surface area contributed by atoms with E-state index in [0.717, 1.165) is 31.1 Å². The van der Waals surface area contributed by atoms with E-state index >= 15 is 0 Å². The van der Waals surface area contributed by atoms with Gasteiger partial charge < -0.3 is 10.2 Å². The molecule has 9 atom stereocenters. The van der Waals surface area contributed by atoms with Crippen LogP contribution in [0.2, 0.25) is 0 Å². The molecule has 3 fully saturated rings. The van der Waals surface area contributed by atoms with E-state index in [-0.39, 0.29) is 23.0 Å². The molecule has 5 aliphatic carbocycles. The molecule has 0 spiro atoms. The van der Waals surface area contributed by atoms with Gasteiger partial charge in [0.05, 0.1) is 12.2 Å². The second kappa shape index (κ2) is 5.17. The van der Waals surface area contributed by atoms with Gasteiger partial charge in [0.15, 0.2) is 0 Å². The van der Waals surface area contributed by atoms with Crippen molar-refractivity contribution in [3.8, 4) is 0 Å². The molecule has 0 aliphatic heterocycles. The summed E-state index contributed by atoms with van der Waals surface area (Å²) in [5.41, 5.74) is 3.95. The van der Waals surface area contributed by atoms with Crippen LogP contribution in [-0.2, 0) is 0 Å². The van der Waals surface area contributed by atoms with Gasteiger partial charge in [-0.1, -0.05) is 45.8 Å². The molecule has 26 heavy (non-hydrogen) atoms. The van der Waals surface area contributed by atoms with Gasteiger partial charge in [0.1, 0.15) is 0 Å². The number of hydrogen-bond donors (Lipinski definition) is 2. The highest BCUT2D eigenvalue weighted by Gasteiger charge is 2.67. The first-order chi connectivity index (χ1) is 12.1. The van der Waals surface area contributed by atoms with Crippen molar-refractivity contribution < 1.29 is 10.2 Å². The van der Waals surface area contributed by atoms with Crippen LogP contribution in [0.5, 0.6) is 0 Å². The van der Waals surface area contributed by atoms with E-state index in [4.69, 9.17) is 0 Å². The highest BCUT2D eigenvalue weighted by molar-refractivity contribution is 5.37. The number of hydrogen-bond acceptors (Lipinski definition) is 2. The van der Waals surface area contributed by atoms with Crippen molar-refractivity contribution in [2.75, 3.05) is 0 Å². The fraction of sp³-hybridized carbons (Fsp3) is 0.917. The summed E-state index contributed by atoms with van der Waals surface area (Å²) in [6.07, 6.45) is 7.90. The Balaban J connectivity index is 1.59. The lowest BCUT2D eigenvalue weighted by Gasteiger charge is -2.60. The van der Waals surface area contributed by atoms with Gasteiger partial charge in [-0.2, -0.15) is 0 Å². The van der Waals surface area contributed by atoms with E-state index in [0.29, 0.717) is 23.2 Å². The van der Waals surface area contributed by atoms with E-state index in [9.17, 15) is 10.2 Å². The molecule has 0 amide bonds. The van der Waals surface area contributed by atoms with Gasteiger partial charge in [0.25, 0.3) is 0 Å². The minimum absolute atomic E-state index is 0.00805. The monoisotopic (exact) mass is 358 g/mol. The van der Waals surface area contributed by atoms with Crippen molar-refractivity contribution in [1.82, 2.24) is 0 Å². The number of aliphatic hydroxyl groups excluding tert-OH is 2. The molecule has 2 heteroatoms. The average Bonchev–Trinajstić information content (AvgIpc) is 2.73. The van der Waals surface area contributed by atoms with Gasteiger partial charge in [0.2, 0.25) is 0 Å². The number of fused-ring (bicyclic) bond motifs is 6. The smallest absolute Gasteiger partial charge is 0.0642 e. The van der Waals surface area contributed by atoms with Crippen molar-refractivity contribution in [1.29, 1.82) is 0 Å². The van der Waals surface area contributed by atoms with Crippen molar-refractivity contribution in [3.05, 3.63) is 11.1 Å². The average molecular weight is 359 g/mol. The number of aliphatic hydroxyl groups is 2. The van der Waals surface area contributed by atoms with E-state index in [1.54, 1.807) is 11.1 Å². The van der Waals surface area contributed by atoms with E-state index in [2.05, 4.69) is 34.6 Å². The maximum atomic E-state index is 11.3. The Kier molecular flexibility index (Phi) is 3.53. The summed E-state index contributed by atoms with van der Waals surface area (Å²) in [7, 11) is 0. The molecule has 5 rings (SSSR count). The standard InChI is InChI=1S/C24H38O2/c1-13-12-15-19(13)24(5)10-8-16-14(20(24)21(15)26)6-7-17-22(2,3)18(25)9-11-23(16,17)4/h13,15,17-21,25-26H,6-12H2,1-5H3/t13-,15-,17+,18+,19+,20+,21+,23-,24-/m1/s1. The van der Waals surface area contributed by atoms with Gasteiger partial charge >= 0.3 is 0 Å². The Morgan fingerprint density at radius 2 is 1.69 bits per heavy atom. The van der Waals surface area contributed by atoms with E-state index in [1.807, 2.05) is 0 Å². The lowest BCUT2D eigenvalue weighted by Crippen LogP contribution is -2.54. The Bertz CT molecular complexity index is 663. The van der Waals surface area contributed by atoms with Crippen LogP contribution in [0, 0.1) is 45.8 Å². The van der Waals surface area contributed by atoms with Gasteiger partial charge in [-0.15, -0.1) is 0 Å². The van der Waals surface area contributed by atoms with Crippen LogP contribution < -0.4 is 0 Å². The second-order valence-electron chi connectivity index (χ2n) is 11.8. The van der Waals surface area contributed by atoms with Gasteiger partial charge in [-0.25, -0.2) is 0 Å². The summed E-state index contributed by atoms with van der Waals surface area (Å²) >= 11 is 0. The highest BCUT2D eigenvalue weighted by Crippen LogP contribution is 2.71. The first-order valence-electron chi connectivity index (χ1n) is 11.2. The Morgan fingerprint density at radius 3 is 2.38 bits per heavy atom. The van der Waals surface area contributed by atoms with Gasteiger partial charge in [-0.05, 0) is 84.9 Å². The first kappa shape index (κ1) is 17.7. The van der Waals surface area contributed by atoms with Gasteiger partial charge in [-0.3, -0.25) is 0 Å². The van der Waals surface area contributed by atoms with Crippen molar-refractivity contribution in [3.63, 3.8) is 0 Å². The maximum Gasteiger partial charge on any atom is 0.0642 e. The van der Waals surface area contributed by atoms with Crippen LogP contribution in [0.15, 0.2) is 11.1 Å². The van der Waals surface area contributed by atoms with E-state index < -0.39 is 0 Å². The largest absolute Gasteiger partial charge is 0.393 e. The topological polar surface area (TPSA) is 40.5 Å².